The molecule has 7 heteroatoms. The Bertz CT molecular complexity index is 564. The van der Waals surface area contributed by atoms with Gasteiger partial charge in [-0.15, -0.1) is 0 Å². The van der Waals surface area contributed by atoms with E-state index in [-0.39, 0.29) is 31.3 Å². The Labute approximate surface area is 112 Å². The van der Waals surface area contributed by atoms with Crippen LogP contribution in [0.4, 0.5) is 0 Å². The third-order valence-electron chi connectivity index (χ3n) is 2.38. The molecule has 0 aliphatic carbocycles. The lowest BCUT2D eigenvalue weighted by Crippen LogP contribution is -2.28. The number of aryl methyl sites for hydroxylation is 1. The van der Waals surface area contributed by atoms with Crippen molar-refractivity contribution < 1.29 is 18.3 Å². The van der Waals surface area contributed by atoms with Crippen molar-refractivity contribution in [2.45, 2.75) is 11.8 Å². The molecule has 1 rings (SSSR count). The van der Waals surface area contributed by atoms with Gasteiger partial charge in [-0.05, 0) is 24.6 Å². The summed E-state index contributed by atoms with van der Waals surface area (Å²) in [6, 6.07) is 6.41. The molecule has 2 N–H and O–H groups in total. The molecule has 1 aromatic carbocycles. The number of sulfonamides is 1. The summed E-state index contributed by atoms with van der Waals surface area (Å²) in [5.74, 6) is 0. The summed E-state index contributed by atoms with van der Waals surface area (Å²) < 4.78 is 31.4. The molecular weight excluding hydrogens is 268 g/mol. The Morgan fingerprint density at radius 1 is 1.42 bits per heavy atom. The van der Waals surface area contributed by atoms with Crippen molar-refractivity contribution >= 4 is 10.0 Å². The van der Waals surface area contributed by atoms with Crippen molar-refractivity contribution in [2.75, 3.05) is 26.4 Å². The van der Waals surface area contributed by atoms with Crippen LogP contribution in [0.5, 0.6) is 0 Å². The molecular formula is C12H16N2O4S. The molecule has 0 aliphatic rings. The fourth-order valence-corrected chi connectivity index (χ4v) is 2.73. The van der Waals surface area contributed by atoms with Crippen molar-refractivity contribution in [2.24, 2.45) is 0 Å². The standard InChI is InChI=1S/C12H16N2O4S/c1-10-2-3-11(9-13)8-12(10)19(16,17)14-4-6-18-7-5-15/h2-3,8,14-15H,4-7H2,1H3. The maximum atomic E-state index is 12.0. The predicted molar refractivity (Wildman–Crippen MR) is 69.0 cm³/mol. The molecule has 6 nitrogen and oxygen atoms in total. The minimum absolute atomic E-state index is 0.0914. The lowest BCUT2D eigenvalue weighted by atomic mass is 10.2. The van der Waals surface area contributed by atoms with E-state index in [0.717, 1.165) is 0 Å². The second-order valence-corrected chi connectivity index (χ2v) is 5.56. The lowest BCUT2D eigenvalue weighted by molar-refractivity contribution is 0.0961. The number of nitriles is 1. The van der Waals surface area contributed by atoms with Gasteiger partial charge in [-0.25, -0.2) is 13.1 Å². The van der Waals surface area contributed by atoms with Gasteiger partial charge in [-0.2, -0.15) is 5.26 Å². The predicted octanol–water partition coefficient (Wildman–Crippen LogP) is 0.154. The molecule has 0 aliphatic heterocycles. The largest absolute Gasteiger partial charge is 0.394 e. The number of hydrogen-bond acceptors (Lipinski definition) is 5. The molecule has 0 fully saturated rings. The van der Waals surface area contributed by atoms with E-state index in [0.29, 0.717) is 11.1 Å². The summed E-state index contributed by atoms with van der Waals surface area (Å²) in [4.78, 5) is 0.0914. The van der Waals surface area contributed by atoms with E-state index in [2.05, 4.69) is 4.72 Å². The van der Waals surface area contributed by atoms with Gasteiger partial charge < -0.3 is 9.84 Å². The van der Waals surface area contributed by atoms with Crippen LogP contribution in [-0.4, -0.2) is 39.9 Å². The Hall–Kier alpha value is -1.46. The quantitative estimate of drug-likeness (QED) is 0.694. The zero-order chi connectivity index (χ0) is 14.3. The second-order valence-electron chi connectivity index (χ2n) is 3.83. The average Bonchev–Trinajstić information content (AvgIpc) is 2.39. The molecule has 0 saturated heterocycles. The highest BCUT2D eigenvalue weighted by Gasteiger charge is 2.16. The molecule has 0 aromatic heterocycles. The van der Waals surface area contributed by atoms with Gasteiger partial charge in [0.25, 0.3) is 0 Å². The molecule has 1 aromatic rings. The van der Waals surface area contributed by atoms with Gasteiger partial charge in [0.2, 0.25) is 10.0 Å². The molecule has 0 spiro atoms. The molecule has 104 valence electrons. The molecule has 19 heavy (non-hydrogen) atoms. The number of benzene rings is 1. The van der Waals surface area contributed by atoms with Crippen LogP contribution in [0.2, 0.25) is 0 Å². The van der Waals surface area contributed by atoms with E-state index in [1.165, 1.54) is 6.07 Å². The number of hydrogen-bond donors (Lipinski definition) is 2. The SMILES string of the molecule is Cc1ccc(C#N)cc1S(=O)(=O)NCCOCCO. The fraction of sp³-hybridized carbons (Fsp3) is 0.417. The van der Waals surface area contributed by atoms with E-state index in [1.807, 2.05) is 6.07 Å². The molecule has 0 radical (unpaired) electrons. The molecule has 0 atom stereocenters. The van der Waals surface area contributed by atoms with E-state index >= 15 is 0 Å². The summed E-state index contributed by atoms with van der Waals surface area (Å²) in [5, 5.41) is 17.3. The Morgan fingerprint density at radius 2 is 2.16 bits per heavy atom. The van der Waals surface area contributed by atoms with Crippen LogP contribution in [0.25, 0.3) is 0 Å². The van der Waals surface area contributed by atoms with Crippen LogP contribution in [-0.2, 0) is 14.8 Å². The summed E-state index contributed by atoms with van der Waals surface area (Å²) in [6.45, 7) is 2.02. The van der Waals surface area contributed by atoms with Gasteiger partial charge in [0.15, 0.2) is 0 Å². The maximum absolute atomic E-state index is 12.0. The number of ether oxygens (including phenoxy) is 1. The first-order valence-electron chi connectivity index (χ1n) is 5.70. The highest BCUT2D eigenvalue weighted by atomic mass is 32.2. The van der Waals surface area contributed by atoms with Crippen molar-refractivity contribution in [1.82, 2.24) is 4.72 Å². The smallest absolute Gasteiger partial charge is 0.240 e. The van der Waals surface area contributed by atoms with Gasteiger partial charge in [0.1, 0.15) is 0 Å². The van der Waals surface area contributed by atoms with Gasteiger partial charge in [-0.3, -0.25) is 0 Å². The Balaban J connectivity index is 2.75. The minimum atomic E-state index is -3.65. The van der Waals surface area contributed by atoms with E-state index < -0.39 is 10.0 Å². The van der Waals surface area contributed by atoms with Crippen LogP contribution in [0, 0.1) is 18.3 Å². The minimum Gasteiger partial charge on any atom is -0.394 e. The Morgan fingerprint density at radius 3 is 2.79 bits per heavy atom. The van der Waals surface area contributed by atoms with Gasteiger partial charge >= 0.3 is 0 Å². The normalized spacial score (nSPS) is 11.2. The molecule has 0 heterocycles. The number of rotatable bonds is 7. The first-order valence-corrected chi connectivity index (χ1v) is 7.18. The van der Waals surface area contributed by atoms with Crippen molar-refractivity contribution in [3.63, 3.8) is 0 Å². The summed E-state index contributed by atoms with van der Waals surface area (Å²) in [5.41, 5.74) is 0.866. The van der Waals surface area contributed by atoms with Crippen LogP contribution < -0.4 is 4.72 Å². The zero-order valence-corrected chi connectivity index (χ0v) is 11.4. The zero-order valence-electron chi connectivity index (χ0n) is 10.6. The summed E-state index contributed by atoms with van der Waals surface area (Å²) in [6.07, 6.45) is 0. The first-order chi connectivity index (χ1) is 9.01. The van der Waals surface area contributed by atoms with Crippen molar-refractivity contribution in [3.8, 4) is 6.07 Å². The van der Waals surface area contributed by atoms with Crippen LogP contribution in [0.1, 0.15) is 11.1 Å². The summed E-state index contributed by atoms with van der Waals surface area (Å²) in [7, 11) is -3.65. The molecule has 0 saturated carbocycles. The highest BCUT2D eigenvalue weighted by Crippen LogP contribution is 2.16. The van der Waals surface area contributed by atoms with Crippen LogP contribution in [0.3, 0.4) is 0 Å². The van der Waals surface area contributed by atoms with Gasteiger partial charge in [-0.1, -0.05) is 6.07 Å². The monoisotopic (exact) mass is 284 g/mol. The van der Waals surface area contributed by atoms with E-state index in [9.17, 15) is 8.42 Å². The number of nitrogens with zero attached hydrogens (tertiary/aromatic N) is 1. The van der Waals surface area contributed by atoms with E-state index in [1.54, 1.807) is 19.1 Å². The van der Waals surface area contributed by atoms with Gasteiger partial charge in [0.05, 0.1) is 36.3 Å². The lowest BCUT2D eigenvalue weighted by Gasteiger charge is -2.09. The Kier molecular flexibility index (Phi) is 5.92. The number of aliphatic hydroxyl groups is 1. The topological polar surface area (TPSA) is 99.4 Å². The number of aliphatic hydroxyl groups excluding tert-OH is 1. The van der Waals surface area contributed by atoms with Gasteiger partial charge in [0, 0.05) is 6.54 Å². The molecule has 0 bridgehead atoms. The van der Waals surface area contributed by atoms with E-state index in [4.69, 9.17) is 15.1 Å². The second kappa shape index (κ2) is 7.21. The fourth-order valence-electron chi connectivity index (χ4n) is 1.45. The summed E-state index contributed by atoms with van der Waals surface area (Å²) >= 11 is 0. The molecule has 0 amide bonds. The average molecular weight is 284 g/mol. The third-order valence-corrected chi connectivity index (χ3v) is 3.98. The maximum Gasteiger partial charge on any atom is 0.240 e. The van der Waals surface area contributed by atoms with Crippen LogP contribution >= 0.6 is 0 Å². The third kappa shape index (κ3) is 4.61. The van der Waals surface area contributed by atoms with Crippen LogP contribution in [0.15, 0.2) is 23.1 Å². The molecule has 0 unspecified atom stereocenters. The van der Waals surface area contributed by atoms with Crippen molar-refractivity contribution in [3.05, 3.63) is 29.3 Å². The number of nitrogens with one attached hydrogen (secondary N) is 1. The highest BCUT2D eigenvalue weighted by molar-refractivity contribution is 7.89. The van der Waals surface area contributed by atoms with Crippen molar-refractivity contribution in [1.29, 1.82) is 5.26 Å². The first kappa shape index (κ1) is 15.6.